The number of hydrogen-bond acceptors (Lipinski definition) is 4. The molecule has 3 rings (SSSR count). The van der Waals surface area contributed by atoms with Gasteiger partial charge in [0.1, 0.15) is 10.7 Å². The van der Waals surface area contributed by atoms with Crippen LogP contribution in [0.1, 0.15) is 25.6 Å². The maximum Gasteiger partial charge on any atom is 0.305 e. The van der Waals surface area contributed by atoms with Gasteiger partial charge in [0.05, 0.1) is 11.8 Å². The molecule has 7 heteroatoms. The molecule has 25 heavy (non-hydrogen) atoms. The van der Waals surface area contributed by atoms with Crippen LogP contribution in [-0.4, -0.2) is 20.6 Å². The summed E-state index contributed by atoms with van der Waals surface area (Å²) in [6.45, 7) is 2.13. The molecule has 2 heterocycles. The fourth-order valence-electron chi connectivity index (χ4n) is 2.76. The Labute approximate surface area is 153 Å². The first-order chi connectivity index (χ1) is 12.0. The zero-order valence-electron chi connectivity index (χ0n) is 13.7. The van der Waals surface area contributed by atoms with Crippen molar-refractivity contribution >= 4 is 39.1 Å². The van der Waals surface area contributed by atoms with Crippen molar-refractivity contribution in [2.75, 3.05) is 0 Å². The van der Waals surface area contributed by atoms with Crippen LogP contribution in [0.3, 0.4) is 0 Å². The van der Waals surface area contributed by atoms with E-state index >= 15 is 0 Å². The van der Waals surface area contributed by atoms with Crippen molar-refractivity contribution in [3.05, 3.63) is 50.8 Å². The van der Waals surface area contributed by atoms with Gasteiger partial charge in [0, 0.05) is 28.9 Å². The lowest BCUT2D eigenvalue weighted by molar-refractivity contribution is -0.137. The van der Waals surface area contributed by atoms with E-state index < -0.39 is 5.97 Å². The molecule has 0 spiro atoms. The number of carboxylic acid groups (broad SMARTS) is 1. The highest BCUT2D eigenvalue weighted by molar-refractivity contribution is 7.17. The summed E-state index contributed by atoms with van der Waals surface area (Å²) in [5, 5.41) is 12.1. The molecule has 0 saturated heterocycles. The second-order valence-corrected chi connectivity index (χ2v) is 7.01. The Balaban J connectivity index is 2.19. The third kappa shape index (κ3) is 3.60. The predicted octanol–water partition coefficient (Wildman–Crippen LogP) is 4.21. The molecule has 1 aromatic carbocycles. The van der Waals surface area contributed by atoms with E-state index in [0.29, 0.717) is 27.5 Å². The van der Waals surface area contributed by atoms with Crippen LogP contribution in [-0.2, 0) is 17.8 Å². The molecule has 0 radical (unpaired) electrons. The number of carboxylic acids is 1. The van der Waals surface area contributed by atoms with E-state index in [4.69, 9.17) is 16.7 Å². The normalized spacial score (nSPS) is 11.1. The topological polar surface area (TPSA) is 72.2 Å². The maximum absolute atomic E-state index is 13.1. The van der Waals surface area contributed by atoms with Crippen molar-refractivity contribution < 1.29 is 9.90 Å². The zero-order chi connectivity index (χ0) is 18.0. The summed E-state index contributed by atoms with van der Waals surface area (Å²) in [6, 6.07) is 7.29. The third-order valence-electron chi connectivity index (χ3n) is 3.95. The Kier molecular flexibility index (Phi) is 5.20. The molecule has 0 saturated carbocycles. The fourth-order valence-corrected chi connectivity index (χ4v) is 3.84. The van der Waals surface area contributed by atoms with Gasteiger partial charge in [-0.25, -0.2) is 4.98 Å². The molecule has 3 aromatic rings. The lowest BCUT2D eigenvalue weighted by Crippen LogP contribution is -2.26. The summed E-state index contributed by atoms with van der Waals surface area (Å²) in [5.74, 6) is -0.288. The average Bonchev–Trinajstić information content (AvgIpc) is 2.99. The van der Waals surface area contributed by atoms with Crippen LogP contribution in [0.4, 0.5) is 0 Å². The quantitative estimate of drug-likeness (QED) is 0.699. The van der Waals surface area contributed by atoms with Gasteiger partial charge in [-0.15, -0.1) is 11.3 Å². The molecule has 0 amide bonds. The lowest BCUT2D eigenvalue weighted by atomic mass is 10.1. The minimum atomic E-state index is -0.933. The Morgan fingerprint density at radius 3 is 2.68 bits per heavy atom. The van der Waals surface area contributed by atoms with Crippen LogP contribution in [0.25, 0.3) is 21.3 Å². The van der Waals surface area contributed by atoms with E-state index in [2.05, 4.69) is 4.98 Å². The second-order valence-electron chi connectivity index (χ2n) is 5.71. The van der Waals surface area contributed by atoms with Gasteiger partial charge >= 0.3 is 5.97 Å². The molecule has 5 nitrogen and oxygen atoms in total. The minimum absolute atomic E-state index is 0.107. The van der Waals surface area contributed by atoms with Crippen LogP contribution in [0.5, 0.6) is 0 Å². The molecule has 0 unspecified atom stereocenters. The van der Waals surface area contributed by atoms with Gasteiger partial charge in [-0.05, 0) is 24.1 Å². The summed E-state index contributed by atoms with van der Waals surface area (Å²) in [4.78, 5) is 29.3. The van der Waals surface area contributed by atoms with E-state index in [1.54, 1.807) is 12.1 Å². The van der Waals surface area contributed by atoms with E-state index in [1.807, 2.05) is 24.4 Å². The molecule has 0 atom stereocenters. The molecule has 0 aliphatic carbocycles. The number of halogens is 1. The summed E-state index contributed by atoms with van der Waals surface area (Å²) in [6.07, 6.45) is 1.36. The number of rotatable bonds is 6. The van der Waals surface area contributed by atoms with Gasteiger partial charge in [-0.3, -0.25) is 14.2 Å². The standard InChI is InChI=1S/C18H17ClN2O3S/c1-2-3-14-20-17-16(18(24)21(14)9-8-15(22)23)13(10-25-17)11-4-6-12(19)7-5-11/h4-7,10H,2-3,8-9H2,1H3,(H,22,23). The highest BCUT2D eigenvalue weighted by atomic mass is 35.5. The van der Waals surface area contributed by atoms with Crippen LogP contribution in [0, 0.1) is 0 Å². The SMILES string of the molecule is CCCc1nc2scc(-c3ccc(Cl)cc3)c2c(=O)n1CCC(=O)O. The zero-order valence-corrected chi connectivity index (χ0v) is 15.2. The van der Waals surface area contributed by atoms with Crippen molar-refractivity contribution in [2.45, 2.75) is 32.7 Å². The summed E-state index contributed by atoms with van der Waals surface area (Å²) >= 11 is 7.37. The number of nitrogens with zero attached hydrogens (tertiary/aromatic N) is 2. The van der Waals surface area contributed by atoms with Crippen molar-refractivity contribution in [3.8, 4) is 11.1 Å². The molecule has 0 fully saturated rings. The first-order valence-electron chi connectivity index (χ1n) is 8.00. The van der Waals surface area contributed by atoms with Crippen LogP contribution < -0.4 is 5.56 Å². The Bertz CT molecular complexity index is 976. The van der Waals surface area contributed by atoms with Gasteiger partial charge < -0.3 is 5.11 Å². The van der Waals surface area contributed by atoms with Crippen molar-refractivity contribution in [2.24, 2.45) is 0 Å². The van der Waals surface area contributed by atoms with Crippen molar-refractivity contribution in [1.82, 2.24) is 9.55 Å². The molecule has 0 aliphatic rings. The van der Waals surface area contributed by atoms with E-state index in [0.717, 1.165) is 17.5 Å². The number of aromatic nitrogens is 2. The number of fused-ring (bicyclic) bond motifs is 1. The third-order valence-corrected chi connectivity index (χ3v) is 5.08. The Morgan fingerprint density at radius 1 is 1.32 bits per heavy atom. The lowest BCUT2D eigenvalue weighted by Gasteiger charge is -2.11. The summed E-state index contributed by atoms with van der Waals surface area (Å²) in [5.41, 5.74) is 1.52. The van der Waals surface area contributed by atoms with Crippen LogP contribution in [0.15, 0.2) is 34.4 Å². The Hall–Kier alpha value is -2.18. The van der Waals surface area contributed by atoms with Gasteiger partial charge in [-0.2, -0.15) is 0 Å². The smallest absolute Gasteiger partial charge is 0.305 e. The van der Waals surface area contributed by atoms with E-state index in [-0.39, 0.29) is 18.5 Å². The molecular weight excluding hydrogens is 360 g/mol. The summed E-state index contributed by atoms with van der Waals surface area (Å²) < 4.78 is 1.51. The van der Waals surface area contributed by atoms with Gasteiger partial charge in [0.15, 0.2) is 0 Å². The molecule has 1 N–H and O–H groups in total. The molecule has 0 bridgehead atoms. The van der Waals surface area contributed by atoms with Gasteiger partial charge in [-0.1, -0.05) is 30.7 Å². The number of hydrogen-bond donors (Lipinski definition) is 1. The van der Waals surface area contributed by atoms with Gasteiger partial charge in [0.2, 0.25) is 0 Å². The number of aryl methyl sites for hydroxylation is 1. The molecule has 0 aliphatic heterocycles. The number of thiophene rings is 1. The number of carbonyl (C=O) groups is 1. The Morgan fingerprint density at radius 2 is 2.04 bits per heavy atom. The first kappa shape index (κ1) is 17.6. The van der Waals surface area contributed by atoms with Crippen LogP contribution in [0.2, 0.25) is 5.02 Å². The van der Waals surface area contributed by atoms with E-state index in [1.165, 1.54) is 15.9 Å². The number of aliphatic carboxylic acids is 1. The minimum Gasteiger partial charge on any atom is -0.481 e. The molecular formula is C18H17ClN2O3S. The fraction of sp³-hybridized carbons (Fsp3) is 0.278. The van der Waals surface area contributed by atoms with Crippen molar-refractivity contribution in [1.29, 1.82) is 0 Å². The summed E-state index contributed by atoms with van der Waals surface area (Å²) in [7, 11) is 0. The highest BCUT2D eigenvalue weighted by Crippen LogP contribution is 2.31. The monoisotopic (exact) mass is 376 g/mol. The average molecular weight is 377 g/mol. The molecule has 2 aromatic heterocycles. The van der Waals surface area contributed by atoms with Gasteiger partial charge in [0.25, 0.3) is 5.56 Å². The second kappa shape index (κ2) is 7.37. The molecule has 130 valence electrons. The van der Waals surface area contributed by atoms with Crippen molar-refractivity contribution in [3.63, 3.8) is 0 Å². The number of benzene rings is 1. The van der Waals surface area contributed by atoms with Crippen LogP contribution >= 0.6 is 22.9 Å². The van der Waals surface area contributed by atoms with E-state index in [9.17, 15) is 9.59 Å². The first-order valence-corrected chi connectivity index (χ1v) is 9.25. The highest BCUT2D eigenvalue weighted by Gasteiger charge is 2.17. The predicted molar refractivity (Wildman–Crippen MR) is 101 cm³/mol. The maximum atomic E-state index is 13.1. The largest absolute Gasteiger partial charge is 0.481 e.